The lowest BCUT2D eigenvalue weighted by atomic mass is 10.1. The number of carboxylic acids is 1. The minimum Gasteiger partial charge on any atom is -0.477 e. The third-order valence-corrected chi connectivity index (χ3v) is 3.66. The standard InChI is InChI=1S/C8H9NO4S/c1-3(10)7-6(8(12)13)9-4(11)2-5(9)14-7/h3,5,10H,2H2,1H3,(H,12,13)/t3?,5-/m0/s1. The van der Waals surface area contributed by atoms with Gasteiger partial charge in [-0.1, -0.05) is 11.8 Å². The molecule has 0 spiro atoms. The van der Waals surface area contributed by atoms with Gasteiger partial charge in [0.2, 0.25) is 5.91 Å². The molecule has 0 aromatic carbocycles. The first-order chi connectivity index (χ1) is 6.52. The van der Waals surface area contributed by atoms with Crippen LogP contribution in [0.2, 0.25) is 0 Å². The van der Waals surface area contributed by atoms with E-state index in [4.69, 9.17) is 5.11 Å². The van der Waals surface area contributed by atoms with Gasteiger partial charge in [0.05, 0.1) is 17.9 Å². The zero-order valence-corrected chi connectivity index (χ0v) is 8.24. The molecule has 0 aromatic heterocycles. The second kappa shape index (κ2) is 2.99. The third-order valence-electron chi connectivity index (χ3n) is 2.23. The predicted octanol–water partition coefficient (Wildman–Crippen LogP) is -0.0314. The minimum atomic E-state index is -1.15. The van der Waals surface area contributed by atoms with Crippen LogP contribution in [-0.2, 0) is 9.59 Å². The van der Waals surface area contributed by atoms with Gasteiger partial charge >= 0.3 is 5.97 Å². The molecular weight excluding hydrogens is 206 g/mol. The molecule has 1 amide bonds. The molecule has 0 saturated carbocycles. The Balaban J connectivity index is 2.38. The van der Waals surface area contributed by atoms with Crippen LogP contribution in [0.5, 0.6) is 0 Å². The lowest BCUT2D eigenvalue weighted by molar-refractivity contribution is -0.145. The Labute approximate surface area is 84.4 Å². The average Bonchev–Trinajstić information content (AvgIpc) is 2.37. The van der Waals surface area contributed by atoms with Crippen LogP contribution in [-0.4, -0.2) is 38.5 Å². The fourth-order valence-corrected chi connectivity index (χ4v) is 2.92. The molecule has 2 atom stereocenters. The van der Waals surface area contributed by atoms with Gasteiger partial charge in [-0.15, -0.1) is 0 Å². The van der Waals surface area contributed by atoms with E-state index in [0.717, 1.165) is 0 Å². The summed E-state index contributed by atoms with van der Waals surface area (Å²) in [7, 11) is 0. The predicted molar refractivity (Wildman–Crippen MR) is 49.2 cm³/mol. The maximum absolute atomic E-state index is 11.1. The van der Waals surface area contributed by atoms with Crippen LogP contribution in [0.25, 0.3) is 0 Å². The second-order valence-corrected chi connectivity index (χ2v) is 4.45. The molecular formula is C8H9NO4S. The van der Waals surface area contributed by atoms with Crippen molar-refractivity contribution in [3.05, 3.63) is 10.6 Å². The molecule has 2 aliphatic rings. The average molecular weight is 215 g/mol. The molecule has 1 unspecified atom stereocenters. The highest BCUT2D eigenvalue weighted by atomic mass is 32.2. The van der Waals surface area contributed by atoms with Gasteiger partial charge in [0.15, 0.2) is 0 Å². The number of carbonyl (C=O) groups is 2. The molecule has 0 radical (unpaired) electrons. The molecule has 2 heterocycles. The number of aliphatic carboxylic acids is 1. The van der Waals surface area contributed by atoms with Crippen molar-refractivity contribution in [3.8, 4) is 0 Å². The summed E-state index contributed by atoms with van der Waals surface area (Å²) in [6, 6.07) is 0. The van der Waals surface area contributed by atoms with Gasteiger partial charge in [0, 0.05) is 4.91 Å². The normalized spacial score (nSPS) is 27.4. The van der Waals surface area contributed by atoms with Crippen molar-refractivity contribution < 1.29 is 19.8 Å². The molecule has 14 heavy (non-hydrogen) atoms. The number of rotatable bonds is 2. The van der Waals surface area contributed by atoms with E-state index < -0.39 is 12.1 Å². The first kappa shape index (κ1) is 9.54. The third kappa shape index (κ3) is 1.14. The highest BCUT2D eigenvalue weighted by Crippen LogP contribution is 2.47. The summed E-state index contributed by atoms with van der Waals surface area (Å²) in [5.74, 6) is -1.33. The fraction of sp³-hybridized carbons (Fsp3) is 0.500. The number of β-lactam (4-membered cyclic amide) rings is 1. The van der Waals surface area contributed by atoms with Gasteiger partial charge in [0.25, 0.3) is 0 Å². The maximum Gasteiger partial charge on any atom is 0.353 e. The molecule has 2 rings (SSSR count). The number of fused-ring (bicyclic) bond motifs is 1. The van der Waals surface area contributed by atoms with E-state index in [1.165, 1.54) is 23.6 Å². The van der Waals surface area contributed by atoms with Gasteiger partial charge < -0.3 is 10.2 Å². The zero-order chi connectivity index (χ0) is 10.5. The highest BCUT2D eigenvalue weighted by Gasteiger charge is 2.49. The molecule has 0 aromatic rings. The van der Waals surface area contributed by atoms with E-state index in [0.29, 0.717) is 11.3 Å². The molecule has 2 N–H and O–H groups in total. The van der Waals surface area contributed by atoms with Crippen molar-refractivity contribution in [1.82, 2.24) is 4.90 Å². The quantitative estimate of drug-likeness (QED) is 0.632. The summed E-state index contributed by atoms with van der Waals surface area (Å²) < 4.78 is 0. The first-order valence-electron chi connectivity index (χ1n) is 4.16. The van der Waals surface area contributed by atoms with Crippen molar-refractivity contribution in [2.24, 2.45) is 0 Å². The van der Waals surface area contributed by atoms with Crippen LogP contribution in [0.15, 0.2) is 10.6 Å². The number of carbonyl (C=O) groups excluding carboxylic acids is 1. The number of aliphatic hydroxyl groups is 1. The van der Waals surface area contributed by atoms with E-state index in [9.17, 15) is 14.7 Å². The summed E-state index contributed by atoms with van der Waals surface area (Å²) >= 11 is 1.26. The molecule has 1 fully saturated rings. The van der Waals surface area contributed by atoms with Crippen LogP contribution in [0.4, 0.5) is 0 Å². The van der Waals surface area contributed by atoms with Crippen molar-refractivity contribution >= 4 is 23.6 Å². The molecule has 76 valence electrons. The van der Waals surface area contributed by atoms with Crippen molar-refractivity contribution in [2.75, 3.05) is 0 Å². The van der Waals surface area contributed by atoms with Crippen molar-refractivity contribution in [3.63, 3.8) is 0 Å². The van der Waals surface area contributed by atoms with Gasteiger partial charge in [-0.2, -0.15) is 0 Å². The number of thioether (sulfide) groups is 1. The van der Waals surface area contributed by atoms with Gasteiger partial charge in [-0.3, -0.25) is 9.69 Å². The van der Waals surface area contributed by atoms with Crippen LogP contribution in [0, 0.1) is 0 Å². The summed E-state index contributed by atoms with van der Waals surface area (Å²) in [5.41, 5.74) is -0.0498. The molecule has 5 nitrogen and oxygen atoms in total. The summed E-state index contributed by atoms with van der Waals surface area (Å²) in [6.07, 6.45) is -0.470. The fourth-order valence-electron chi connectivity index (χ4n) is 1.58. The first-order valence-corrected chi connectivity index (χ1v) is 5.04. The monoisotopic (exact) mass is 215 g/mol. The van der Waals surface area contributed by atoms with Gasteiger partial charge in [0.1, 0.15) is 5.70 Å². The van der Waals surface area contributed by atoms with Crippen molar-refractivity contribution in [1.29, 1.82) is 0 Å². The highest BCUT2D eigenvalue weighted by molar-refractivity contribution is 8.04. The Morgan fingerprint density at radius 3 is 2.79 bits per heavy atom. The Morgan fingerprint density at radius 1 is 1.71 bits per heavy atom. The molecule has 0 bridgehead atoms. The number of aliphatic hydroxyl groups excluding tert-OH is 1. The Bertz CT molecular complexity index is 349. The Kier molecular flexibility index (Phi) is 2.04. The van der Waals surface area contributed by atoms with Crippen LogP contribution in [0.1, 0.15) is 13.3 Å². The van der Waals surface area contributed by atoms with E-state index in [1.54, 1.807) is 0 Å². The second-order valence-electron chi connectivity index (χ2n) is 3.23. The largest absolute Gasteiger partial charge is 0.477 e. The smallest absolute Gasteiger partial charge is 0.353 e. The van der Waals surface area contributed by atoms with Gasteiger partial charge in [-0.25, -0.2) is 4.79 Å². The number of hydrogen-bond donors (Lipinski definition) is 2. The topological polar surface area (TPSA) is 77.8 Å². The summed E-state index contributed by atoms with van der Waals surface area (Å²) in [6.45, 7) is 1.50. The number of hydrogen-bond acceptors (Lipinski definition) is 4. The molecule has 1 saturated heterocycles. The lowest BCUT2D eigenvalue weighted by Gasteiger charge is -2.33. The summed E-state index contributed by atoms with van der Waals surface area (Å²) in [5, 5.41) is 18.1. The summed E-state index contributed by atoms with van der Waals surface area (Å²) in [4.78, 5) is 23.6. The number of amides is 1. The van der Waals surface area contributed by atoms with Crippen LogP contribution in [0.3, 0.4) is 0 Å². The Hall–Kier alpha value is -1.01. The SMILES string of the molecule is CC(O)C1=C(C(=O)O)N2C(=O)C[C@@H]2S1. The maximum atomic E-state index is 11.1. The molecule has 6 heteroatoms. The molecule has 0 aliphatic carbocycles. The van der Waals surface area contributed by atoms with E-state index >= 15 is 0 Å². The van der Waals surface area contributed by atoms with Crippen LogP contribution >= 0.6 is 11.8 Å². The van der Waals surface area contributed by atoms with E-state index in [2.05, 4.69) is 0 Å². The number of nitrogens with zero attached hydrogens (tertiary/aromatic N) is 1. The molecule has 2 aliphatic heterocycles. The van der Waals surface area contributed by atoms with Crippen LogP contribution < -0.4 is 0 Å². The number of carboxylic acid groups (broad SMARTS) is 1. The van der Waals surface area contributed by atoms with E-state index in [-0.39, 0.29) is 17.0 Å². The minimum absolute atomic E-state index is 0.0498. The van der Waals surface area contributed by atoms with Crippen molar-refractivity contribution in [2.45, 2.75) is 24.8 Å². The lowest BCUT2D eigenvalue weighted by Crippen LogP contribution is -2.48. The van der Waals surface area contributed by atoms with E-state index in [1.807, 2.05) is 0 Å². The van der Waals surface area contributed by atoms with Gasteiger partial charge in [-0.05, 0) is 6.92 Å². The zero-order valence-electron chi connectivity index (χ0n) is 7.43. The Morgan fingerprint density at radius 2 is 2.36 bits per heavy atom.